The van der Waals surface area contributed by atoms with Crippen LogP contribution in [0.15, 0.2) is 174 Å². The number of imidazole rings is 1. The van der Waals surface area contributed by atoms with Crippen molar-refractivity contribution in [2.45, 2.75) is 37.9 Å². The smallest absolute Gasteiger partial charge is 0.508 e. The largest absolute Gasteiger partial charge is 2.00 e. The molecule has 67 heavy (non-hydrogen) atoms. The molecule has 15 heteroatoms. The van der Waals surface area contributed by atoms with Gasteiger partial charge in [-0.05, 0) is 101 Å². The summed E-state index contributed by atoms with van der Waals surface area (Å²) in [4.78, 5) is 47.9. The van der Waals surface area contributed by atoms with Crippen LogP contribution in [0.3, 0.4) is 0 Å². The Morgan fingerprint density at radius 3 is 1.63 bits per heavy atom. The maximum Gasteiger partial charge on any atom is 2.00 e. The summed E-state index contributed by atoms with van der Waals surface area (Å²) in [5.41, 5.74) is 8.88. The first-order chi connectivity index (χ1) is 32.0. The number of nitrogens with zero attached hydrogens (tertiary/aromatic N) is 5. The van der Waals surface area contributed by atoms with Gasteiger partial charge in [-0.25, -0.2) is 9.97 Å². The van der Waals surface area contributed by atoms with Crippen LogP contribution in [0, 0.1) is 0 Å². The van der Waals surface area contributed by atoms with Crippen molar-refractivity contribution >= 4 is 67.4 Å². The Hall–Kier alpha value is -7.61. The minimum absolute atomic E-state index is 0. The number of phenols is 4. The third kappa shape index (κ3) is 13.5. The van der Waals surface area contributed by atoms with Crippen molar-refractivity contribution in [1.29, 1.82) is 0 Å². The molecule has 1 amide bonds. The first-order valence-corrected chi connectivity index (χ1v) is 20.8. The number of aliphatic imine (C=N–C) groups is 2. The van der Waals surface area contributed by atoms with Gasteiger partial charge in [0, 0.05) is 36.4 Å². The number of hydrogen-bond acceptors (Lipinski definition) is 12. The Bertz CT molecular complexity index is 2980. The number of benzene rings is 6. The van der Waals surface area contributed by atoms with Crippen molar-refractivity contribution in [3.63, 3.8) is 0 Å². The summed E-state index contributed by atoms with van der Waals surface area (Å²) in [5.74, 6) is 0.637. The Balaban J connectivity index is 0.000000206. The van der Waals surface area contributed by atoms with Gasteiger partial charge in [0.25, 0.3) is 0 Å². The topological polar surface area (TPSA) is 219 Å². The number of nitrogens with one attached hydrogen (secondary N) is 1. The van der Waals surface area contributed by atoms with E-state index < -0.39 is 6.17 Å². The van der Waals surface area contributed by atoms with Crippen LogP contribution in [-0.2, 0) is 40.1 Å². The zero-order chi connectivity index (χ0) is 46.4. The van der Waals surface area contributed by atoms with E-state index in [4.69, 9.17) is 24.5 Å². The molecule has 6 aromatic carbocycles. The van der Waals surface area contributed by atoms with Gasteiger partial charge in [-0.1, -0.05) is 84.9 Å². The van der Waals surface area contributed by atoms with Gasteiger partial charge in [0.15, 0.2) is 5.65 Å². The van der Waals surface area contributed by atoms with Crippen LogP contribution in [0.4, 0.5) is 0 Å². The molecule has 14 nitrogen and oxygen atoms in total. The Morgan fingerprint density at radius 1 is 0.582 bits per heavy atom. The second kappa shape index (κ2) is 23.5. The monoisotopic (exact) mass is 920 g/mol. The minimum atomic E-state index is -0.481. The molecule has 6 N–H and O–H groups in total. The van der Waals surface area contributed by atoms with Crippen LogP contribution < -0.4 is 5.32 Å². The predicted octanol–water partition coefficient (Wildman–Crippen LogP) is 7.00. The molecular weight excluding hydrogens is 877 g/mol. The summed E-state index contributed by atoms with van der Waals surface area (Å²) in [7, 11) is 0. The number of carbonyl (C=O) groups excluding carboxylic acids is 3. The fraction of sp³-hybridized carbons (Fsp3) is 0.115. The van der Waals surface area contributed by atoms with E-state index in [2.05, 4.69) is 10.3 Å². The van der Waals surface area contributed by atoms with E-state index in [-0.39, 0.29) is 91.1 Å². The molecule has 0 spiro atoms. The Morgan fingerprint density at radius 2 is 1.06 bits per heavy atom. The van der Waals surface area contributed by atoms with E-state index in [1.807, 2.05) is 72.8 Å². The van der Waals surface area contributed by atoms with Crippen molar-refractivity contribution in [2.24, 2.45) is 9.98 Å². The molecule has 9 rings (SSSR count). The summed E-state index contributed by atoms with van der Waals surface area (Å²) >= 11 is 0. The van der Waals surface area contributed by atoms with Gasteiger partial charge in [0.2, 0.25) is 11.8 Å². The fourth-order valence-electron chi connectivity index (χ4n) is 7.22. The molecule has 3 heterocycles. The molecule has 8 aromatic rings. The van der Waals surface area contributed by atoms with Crippen molar-refractivity contribution in [3.8, 4) is 40.1 Å². The maximum atomic E-state index is 12.6. The average molecular weight is 921 g/mol. The fourth-order valence-corrected chi connectivity index (χ4v) is 7.22. The number of phenolic OH excluding ortho intramolecular Hbond substituents is 4. The number of carbonyl (C=O) groups is 1. The molecule has 1 aliphatic heterocycles. The Labute approximate surface area is 415 Å². The molecule has 330 valence electrons. The van der Waals surface area contributed by atoms with Gasteiger partial charge >= 0.3 is 43.9 Å². The molecule has 2 aromatic heterocycles. The first kappa shape index (κ1) is 48.8. The quantitative estimate of drug-likeness (QED) is 0.0730. The number of hydrogen-bond donors (Lipinski definition) is 6. The molecule has 0 radical (unpaired) electrons. The van der Waals surface area contributed by atoms with Crippen molar-refractivity contribution in [2.75, 3.05) is 0 Å². The number of aromatic hydroxyl groups is 5. The van der Waals surface area contributed by atoms with Crippen LogP contribution in [0.5, 0.6) is 28.9 Å². The van der Waals surface area contributed by atoms with Crippen LogP contribution >= 0.6 is 0 Å². The minimum Gasteiger partial charge on any atom is -0.508 e. The summed E-state index contributed by atoms with van der Waals surface area (Å²) < 4.78 is 1.67. The first-order valence-electron chi connectivity index (χ1n) is 20.8. The molecule has 0 aliphatic carbocycles. The number of rotatable bonds is 11. The SMILES string of the molecule is O=C(Cc1ccc(O)cc1)NC1N=CC(c2ccc(O)cc2)=NC1Cc1ccccc1.O=C=O.Oc1ccc(Cc2nc3c(Cc4ccccc4)nc(-c4ccc(O)cc4)cn3c2O)cc1.[Ca+2]. The summed E-state index contributed by atoms with van der Waals surface area (Å²) in [5, 5.41) is 52.1. The van der Waals surface area contributed by atoms with Crippen LogP contribution in [0.25, 0.3) is 16.9 Å². The summed E-state index contributed by atoms with van der Waals surface area (Å²) in [6.45, 7) is 0. The molecule has 0 saturated heterocycles. The standard InChI is InChI=1S/C26H21N3O3.C25H23N3O3.CO2.Ca/c30-20-10-6-18(7-11-20)15-23-26(32)29-16-24(19-8-12-21(31)13-9-19)27-22(25(29)28-23)14-17-4-2-1-3-5-17;29-20-10-6-18(7-11-20)15-24(31)28-25-22(14-17-4-2-1-3-5-17)27-23(16-26-25)19-8-12-21(30)13-9-19;2-1-3;/h1-13,16,30-32H,14-15H2;1-13,16,22,25,29-30H,14-15H2,(H,28,31);;/q;;;+2. The molecule has 2 unspecified atom stereocenters. The third-order valence-electron chi connectivity index (χ3n) is 10.5. The van der Waals surface area contributed by atoms with E-state index in [9.17, 15) is 30.3 Å². The van der Waals surface area contributed by atoms with E-state index in [1.165, 1.54) is 0 Å². The second-order valence-electron chi connectivity index (χ2n) is 15.2. The predicted molar refractivity (Wildman–Crippen MR) is 253 cm³/mol. The summed E-state index contributed by atoms with van der Waals surface area (Å²) in [6, 6.07) is 46.8. The summed E-state index contributed by atoms with van der Waals surface area (Å²) in [6.07, 6.45) is 5.00. The zero-order valence-corrected chi connectivity index (χ0v) is 38.3. The molecule has 0 saturated carbocycles. The molecule has 0 fully saturated rings. The van der Waals surface area contributed by atoms with Crippen LogP contribution in [-0.4, -0.2) is 114 Å². The van der Waals surface area contributed by atoms with E-state index in [0.717, 1.165) is 39.1 Å². The van der Waals surface area contributed by atoms with Gasteiger partial charge in [0.05, 0.1) is 29.6 Å². The van der Waals surface area contributed by atoms with Crippen molar-refractivity contribution < 1.29 is 39.9 Å². The molecule has 0 bridgehead atoms. The van der Waals surface area contributed by atoms with E-state index in [1.54, 1.807) is 102 Å². The van der Waals surface area contributed by atoms with E-state index >= 15 is 0 Å². The number of fused-ring (bicyclic) bond motifs is 1. The van der Waals surface area contributed by atoms with Crippen molar-refractivity contribution in [1.82, 2.24) is 19.7 Å². The van der Waals surface area contributed by atoms with Gasteiger partial charge in [-0.3, -0.25) is 19.2 Å². The number of aromatic nitrogens is 3. The second-order valence-corrected chi connectivity index (χ2v) is 15.2. The van der Waals surface area contributed by atoms with Gasteiger partial charge in [-0.15, -0.1) is 0 Å². The van der Waals surface area contributed by atoms with Gasteiger partial charge in [-0.2, -0.15) is 9.59 Å². The zero-order valence-electron chi connectivity index (χ0n) is 36.1. The van der Waals surface area contributed by atoms with Crippen molar-refractivity contribution in [3.05, 3.63) is 203 Å². The number of amides is 1. The molecule has 2 atom stereocenters. The molecule has 1 aliphatic rings. The van der Waals surface area contributed by atoms with Gasteiger partial charge < -0.3 is 30.8 Å². The van der Waals surface area contributed by atoms with Crippen LogP contribution in [0.1, 0.15) is 39.2 Å². The normalized spacial score (nSPS) is 13.6. The maximum absolute atomic E-state index is 12.6. The molecular formula is C52H44CaN6O8+2. The average Bonchev–Trinajstić information content (AvgIpc) is 3.64. The van der Waals surface area contributed by atoms with Crippen LogP contribution in [0.2, 0.25) is 0 Å². The van der Waals surface area contributed by atoms with Gasteiger partial charge in [0.1, 0.15) is 34.9 Å². The van der Waals surface area contributed by atoms with E-state index in [0.29, 0.717) is 42.0 Å². The third-order valence-corrected chi connectivity index (χ3v) is 10.5. The Kier molecular flexibility index (Phi) is 17.2.